The lowest BCUT2D eigenvalue weighted by atomic mass is 10.0. The molecule has 0 bridgehead atoms. The maximum absolute atomic E-state index is 13.0. The van der Waals surface area contributed by atoms with Crippen molar-refractivity contribution in [2.24, 2.45) is 0 Å². The molecule has 4 aliphatic heterocycles. The summed E-state index contributed by atoms with van der Waals surface area (Å²) in [6.07, 6.45) is 19.4. The van der Waals surface area contributed by atoms with E-state index >= 15 is 0 Å². The summed E-state index contributed by atoms with van der Waals surface area (Å²) in [4.78, 5) is 77.5. The number of carboxylic acid groups (broad SMARTS) is 1. The number of likely N-dealkylation sites (N-methyl/N-ethyl adjacent to an activating group) is 2. The highest BCUT2D eigenvalue weighted by molar-refractivity contribution is 6.05. The van der Waals surface area contributed by atoms with Crippen LogP contribution in [0, 0.1) is 0 Å². The summed E-state index contributed by atoms with van der Waals surface area (Å²) in [5, 5.41) is 20.7. The number of ether oxygens (including phenoxy) is 2. The van der Waals surface area contributed by atoms with Gasteiger partial charge < -0.3 is 44.4 Å². The molecule has 348 valence electrons. The second kappa shape index (κ2) is 20.4. The van der Waals surface area contributed by atoms with Crippen molar-refractivity contribution < 1.29 is 33.8 Å². The number of hydrogen-bond donors (Lipinski definition) is 2. The third-order valence-corrected chi connectivity index (χ3v) is 13.0. The highest BCUT2D eigenvalue weighted by Gasteiger charge is 2.43. The molecule has 8 heterocycles. The van der Waals surface area contributed by atoms with E-state index in [0.717, 1.165) is 77.1 Å². The topological polar surface area (TPSA) is 222 Å². The molecule has 0 unspecified atom stereocenters. The van der Waals surface area contributed by atoms with Crippen LogP contribution in [0.3, 0.4) is 0 Å². The van der Waals surface area contributed by atoms with E-state index in [0.29, 0.717) is 73.4 Å². The van der Waals surface area contributed by atoms with Crippen LogP contribution in [0.1, 0.15) is 98.8 Å². The van der Waals surface area contributed by atoms with Gasteiger partial charge in [0.2, 0.25) is 11.8 Å². The number of hydrogen-bond acceptors (Lipinski definition) is 15. The maximum atomic E-state index is 13.0. The van der Waals surface area contributed by atoms with Crippen molar-refractivity contribution in [2.75, 3.05) is 86.3 Å². The smallest absolute Gasteiger partial charge is 0.338 e. The highest BCUT2D eigenvalue weighted by Crippen LogP contribution is 2.41. The van der Waals surface area contributed by atoms with Crippen LogP contribution >= 0.6 is 0 Å². The predicted octanol–water partition coefficient (Wildman–Crippen LogP) is 3.11. The molecule has 0 aromatic carbocycles. The van der Waals surface area contributed by atoms with Crippen molar-refractivity contribution in [3.8, 4) is 11.9 Å². The van der Waals surface area contributed by atoms with Crippen LogP contribution in [0.4, 0.5) is 23.0 Å². The molecule has 21 heteroatoms. The lowest BCUT2D eigenvalue weighted by Crippen LogP contribution is -2.55. The first-order valence-corrected chi connectivity index (χ1v) is 22.9. The van der Waals surface area contributed by atoms with Crippen molar-refractivity contribution >= 4 is 46.7 Å². The Kier molecular flexibility index (Phi) is 14.3. The minimum Gasteiger partial charge on any atom is -0.478 e. The van der Waals surface area contributed by atoms with Crippen molar-refractivity contribution in [3.63, 3.8) is 0 Å². The summed E-state index contributed by atoms with van der Waals surface area (Å²) in [6, 6.07) is 0.103. The molecule has 4 fully saturated rings. The number of nitrogens with one attached hydrogen (secondary N) is 1. The summed E-state index contributed by atoms with van der Waals surface area (Å²) in [6.45, 7) is 10.1. The van der Waals surface area contributed by atoms with E-state index < -0.39 is 5.97 Å². The van der Waals surface area contributed by atoms with Crippen LogP contribution in [0.5, 0.6) is 0 Å². The summed E-state index contributed by atoms with van der Waals surface area (Å²) < 4.78 is 13.2. The van der Waals surface area contributed by atoms with Gasteiger partial charge in [0.1, 0.15) is 23.5 Å². The maximum Gasteiger partial charge on any atom is 0.338 e. The van der Waals surface area contributed by atoms with Crippen LogP contribution in [0.25, 0.3) is 11.9 Å². The van der Waals surface area contributed by atoms with Gasteiger partial charge in [-0.05, 0) is 38.5 Å². The van der Waals surface area contributed by atoms with E-state index in [4.69, 9.17) is 24.5 Å². The first-order valence-electron chi connectivity index (χ1n) is 22.9. The molecule has 65 heavy (non-hydrogen) atoms. The van der Waals surface area contributed by atoms with E-state index in [2.05, 4.69) is 35.3 Å². The van der Waals surface area contributed by atoms with Crippen molar-refractivity contribution in [1.82, 2.24) is 49.7 Å². The zero-order valence-corrected chi connectivity index (χ0v) is 37.7. The van der Waals surface area contributed by atoms with E-state index in [9.17, 15) is 19.2 Å². The second-order valence-corrected chi connectivity index (χ2v) is 17.0. The Morgan fingerprint density at radius 3 is 1.52 bits per heavy atom. The highest BCUT2D eigenvalue weighted by atomic mass is 16.5. The van der Waals surface area contributed by atoms with E-state index in [-0.39, 0.29) is 41.4 Å². The Hall–Kier alpha value is -6.06. The van der Waals surface area contributed by atoms with Gasteiger partial charge in [0, 0.05) is 64.8 Å². The number of carbonyl (C=O) groups excluding carboxylic acids is 3. The lowest BCUT2D eigenvalue weighted by molar-refractivity contribution is -0.120. The van der Waals surface area contributed by atoms with Crippen molar-refractivity contribution in [3.05, 3.63) is 48.3 Å². The number of carbonyl (C=O) groups is 4. The lowest BCUT2D eigenvalue weighted by Gasteiger charge is -2.43. The third kappa shape index (κ3) is 9.53. The number of fused-ring (bicyclic) bond motifs is 2. The Balaban J connectivity index is 0.000000159. The molecule has 2 saturated heterocycles. The van der Waals surface area contributed by atoms with Gasteiger partial charge >= 0.3 is 5.97 Å². The fourth-order valence-corrected chi connectivity index (χ4v) is 9.52. The van der Waals surface area contributed by atoms with Crippen molar-refractivity contribution in [2.45, 2.75) is 102 Å². The Morgan fingerprint density at radius 1 is 0.677 bits per heavy atom. The zero-order chi connectivity index (χ0) is 45.6. The van der Waals surface area contributed by atoms with Gasteiger partial charge in [-0.25, -0.2) is 24.1 Å². The van der Waals surface area contributed by atoms with Gasteiger partial charge in [-0.1, -0.05) is 39.5 Å². The first-order chi connectivity index (χ1) is 31.6. The molecule has 0 radical (unpaired) electrons. The van der Waals surface area contributed by atoms with Crippen LogP contribution < -0.4 is 24.9 Å². The average Bonchev–Trinajstić information content (AvgIpc) is 4.21. The molecule has 10 rings (SSSR count). The molecule has 6 aliphatic rings. The number of carboxylic acids is 1. The number of amides is 3. The van der Waals surface area contributed by atoms with E-state index in [1.54, 1.807) is 53.6 Å². The zero-order valence-electron chi connectivity index (χ0n) is 37.7. The fraction of sp³-hybridized carbons (Fsp3) is 0.591. The largest absolute Gasteiger partial charge is 0.478 e. The molecular formula is C44H60N14O7. The number of rotatable bonds is 8. The van der Waals surface area contributed by atoms with Gasteiger partial charge in [0.25, 0.3) is 17.8 Å². The predicted molar refractivity (Wildman–Crippen MR) is 240 cm³/mol. The summed E-state index contributed by atoms with van der Waals surface area (Å²) in [5.41, 5.74) is 1.96. The summed E-state index contributed by atoms with van der Waals surface area (Å²) in [5.74, 6) is 1.19. The number of aromatic nitrogens is 8. The Labute approximate surface area is 378 Å². The molecule has 4 aromatic heterocycles. The fourth-order valence-electron chi connectivity index (χ4n) is 9.52. The van der Waals surface area contributed by atoms with Gasteiger partial charge in [-0.2, -0.15) is 20.2 Å². The van der Waals surface area contributed by atoms with E-state index in [1.807, 2.05) is 13.8 Å². The Morgan fingerprint density at radius 2 is 1.12 bits per heavy atom. The third-order valence-electron chi connectivity index (χ3n) is 13.0. The van der Waals surface area contributed by atoms with Crippen LogP contribution in [-0.4, -0.2) is 164 Å². The minimum absolute atomic E-state index is 0.0560. The quantitative estimate of drug-likeness (QED) is 0.259. The second-order valence-electron chi connectivity index (χ2n) is 17.0. The minimum atomic E-state index is -1.05. The number of aromatic carboxylic acids is 1. The Bertz CT molecular complexity index is 2300. The standard InChI is InChI=1S/C22H29N7O3.C18H22N6O3.C4H9NO/c1-3-17-21(31)26(2)18-13-23-22(25-19(18)29(17)16-6-4-5-7-16)28-14-15(12-24-28)20(30)27-8-10-32-11-9-27;1-3-13-16(25)22(2)14-9-19-18(23-10-11(8-20-23)17(26)27)21-15(14)24(13)12-6-4-5-7-12;1-3-6-4-2-5-1/h12-14,16-17H,3-11H2,1-2H3;8-10,12-13H,3-7H2,1-2H3,(H,26,27);5H,1-4H2/t17-;13-;/m11./s1. The molecule has 2 N–H and O–H groups in total. The molecule has 3 amide bonds. The number of nitrogens with zero attached hydrogens (tertiary/aromatic N) is 13. The van der Waals surface area contributed by atoms with Gasteiger partial charge in [0.05, 0.1) is 62.3 Å². The number of anilines is 4. The van der Waals surface area contributed by atoms with E-state index in [1.165, 1.54) is 34.6 Å². The van der Waals surface area contributed by atoms with Gasteiger partial charge in [-0.15, -0.1) is 0 Å². The molecule has 2 saturated carbocycles. The van der Waals surface area contributed by atoms with Gasteiger partial charge in [-0.3, -0.25) is 14.4 Å². The van der Waals surface area contributed by atoms with Crippen LogP contribution in [0.2, 0.25) is 0 Å². The average molecular weight is 897 g/mol. The molecule has 4 aromatic rings. The number of morpholine rings is 2. The molecule has 0 spiro atoms. The van der Waals surface area contributed by atoms with Crippen molar-refractivity contribution in [1.29, 1.82) is 0 Å². The summed E-state index contributed by atoms with van der Waals surface area (Å²) >= 11 is 0. The molecule has 2 atom stereocenters. The van der Waals surface area contributed by atoms with Gasteiger partial charge in [0.15, 0.2) is 11.6 Å². The molecular weight excluding hydrogens is 837 g/mol. The first kappa shape index (κ1) is 45.5. The van der Waals surface area contributed by atoms with Crippen LogP contribution in [-0.2, 0) is 19.1 Å². The molecule has 21 nitrogen and oxygen atoms in total. The molecule has 2 aliphatic carbocycles. The SMILES string of the molecule is C1COCCN1.CC[C@@H]1C(=O)N(C)c2cnc(-n3cc(C(=O)N4CCOCC4)cn3)nc2N1C1CCCC1.CC[C@@H]1C(=O)N(C)c2cnc(-n3cc(C(=O)O)cn3)nc2N1C1CCCC1. The van der Waals surface area contributed by atoms with Crippen LogP contribution in [0.15, 0.2) is 37.2 Å². The normalized spacial score (nSPS) is 21.4. The monoisotopic (exact) mass is 896 g/mol. The summed E-state index contributed by atoms with van der Waals surface area (Å²) in [7, 11) is 3.53.